The number of alkyl halides is 3. The molecule has 33 heavy (non-hydrogen) atoms. The number of esters is 1. The van der Waals surface area contributed by atoms with Gasteiger partial charge in [0.05, 0.1) is 24.1 Å². The van der Waals surface area contributed by atoms with Crippen LogP contribution in [-0.4, -0.2) is 32.6 Å². The van der Waals surface area contributed by atoms with Crippen LogP contribution >= 0.6 is 0 Å². The second-order valence-corrected chi connectivity index (χ2v) is 6.80. The Morgan fingerprint density at radius 2 is 1.91 bits per heavy atom. The summed E-state index contributed by atoms with van der Waals surface area (Å²) < 4.78 is 66.7. The third-order valence-corrected chi connectivity index (χ3v) is 4.65. The molecule has 4 aromatic rings. The molecule has 0 saturated carbocycles. The van der Waals surface area contributed by atoms with E-state index in [-0.39, 0.29) is 29.3 Å². The summed E-state index contributed by atoms with van der Waals surface area (Å²) in [4.78, 5) is 12.7. The third-order valence-electron chi connectivity index (χ3n) is 4.65. The number of carbonyl (C=O) groups excluding carboxylic acids is 1. The predicted molar refractivity (Wildman–Crippen MR) is 107 cm³/mol. The van der Waals surface area contributed by atoms with Gasteiger partial charge in [0.15, 0.2) is 11.5 Å². The van der Waals surface area contributed by atoms with Crippen LogP contribution in [-0.2, 0) is 10.9 Å². The van der Waals surface area contributed by atoms with Crippen LogP contribution in [0.5, 0.6) is 5.75 Å². The van der Waals surface area contributed by atoms with Crippen molar-refractivity contribution in [3.63, 3.8) is 0 Å². The molecule has 0 bridgehead atoms. The van der Waals surface area contributed by atoms with Gasteiger partial charge in [-0.05, 0) is 49.4 Å². The molecular weight excluding hydrogens is 446 g/mol. The number of nitrogens with zero attached hydrogens (tertiary/aromatic N) is 3. The van der Waals surface area contributed by atoms with Crippen molar-refractivity contribution in [1.82, 2.24) is 14.9 Å². The van der Waals surface area contributed by atoms with E-state index in [1.54, 1.807) is 0 Å². The number of carbonyl (C=O) groups is 1. The number of aromatic hydroxyl groups is 1. The Balaban J connectivity index is 1.96. The molecule has 0 aliphatic heterocycles. The molecule has 0 aliphatic rings. The van der Waals surface area contributed by atoms with Crippen molar-refractivity contribution in [3.8, 4) is 34.0 Å². The number of hydrogen-bond acceptors (Lipinski definition) is 6. The van der Waals surface area contributed by atoms with Crippen molar-refractivity contribution < 1.29 is 36.7 Å². The van der Waals surface area contributed by atoms with Crippen molar-refractivity contribution >= 4 is 5.97 Å². The lowest BCUT2D eigenvalue weighted by Crippen LogP contribution is -2.15. The molecule has 11 heteroatoms. The molecule has 0 radical (unpaired) electrons. The average molecular weight is 461 g/mol. The highest BCUT2D eigenvalue weighted by atomic mass is 19.4. The van der Waals surface area contributed by atoms with Crippen LogP contribution in [0.3, 0.4) is 0 Å². The molecule has 0 saturated heterocycles. The van der Waals surface area contributed by atoms with Crippen molar-refractivity contribution in [2.75, 3.05) is 6.61 Å². The molecule has 0 atom stereocenters. The fraction of sp³-hybridized carbons (Fsp3) is 0.136. The molecule has 0 fully saturated rings. The zero-order valence-electron chi connectivity index (χ0n) is 16.9. The molecule has 0 aliphatic carbocycles. The van der Waals surface area contributed by atoms with Crippen LogP contribution in [0.4, 0.5) is 17.6 Å². The van der Waals surface area contributed by atoms with Crippen LogP contribution in [0.15, 0.2) is 59.3 Å². The quantitative estimate of drug-likeness (QED) is 0.323. The number of rotatable bonds is 5. The molecule has 2 heterocycles. The van der Waals surface area contributed by atoms with E-state index in [1.807, 2.05) is 0 Å². The smallest absolute Gasteiger partial charge is 0.434 e. The summed E-state index contributed by atoms with van der Waals surface area (Å²) >= 11 is 0. The molecular formula is C22H15F4N3O4. The van der Waals surface area contributed by atoms with Crippen LogP contribution < -0.4 is 0 Å². The van der Waals surface area contributed by atoms with E-state index in [2.05, 4.69) is 10.3 Å². The van der Waals surface area contributed by atoms with Crippen molar-refractivity contribution in [3.05, 3.63) is 71.8 Å². The van der Waals surface area contributed by atoms with Gasteiger partial charge in [0.2, 0.25) is 0 Å². The number of hydrogen-bond donors (Lipinski definition) is 1. The van der Waals surface area contributed by atoms with Crippen LogP contribution in [0.25, 0.3) is 28.3 Å². The lowest BCUT2D eigenvalue weighted by atomic mass is 10.0. The molecule has 1 N–H and O–H groups in total. The van der Waals surface area contributed by atoms with Crippen molar-refractivity contribution in [2.45, 2.75) is 13.1 Å². The lowest BCUT2D eigenvalue weighted by Gasteiger charge is -2.12. The van der Waals surface area contributed by atoms with Gasteiger partial charge in [0, 0.05) is 5.56 Å². The van der Waals surface area contributed by atoms with Gasteiger partial charge in [-0.1, -0.05) is 11.2 Å². The summed E-state index contributed by atoms with van der Waals surface area (Å²) in [6, 6.07) is 9.95. The van der Waals surface area contributed by atoms with E-state index in [0.29, 0.717) is 10.2 Å². The third kappa shape index (κ3) is 4.16. The largest absolute Gasteiger partial charge is 0.508 e. The predicted octanol–water partition coefficient (Wildman–Crippen LogP) is 5.23. The van der Waals surface area contributed by atoms with Crippen LogP contribution in [0.1, 0.15) is 23.0 Å². The maximum absolute atomic E-state index is 14.1. The van der Waals surface area contributed by atoms with Gasteiger partial charge in [-0.15, -0.1) is 0 Å². The minimum absolute atomic E-state index is 0.0485. The van der Waals surface area contributed by atoms with E-state index >= 15 is 0 Å². The number of benzene rings is 2. The summed E-state index contributed by atoms with van der Waals surface area (Å²) in [7, 11) is 0. The summed E-state index contributed by atoms with van der Waals surface area (Å²) in [6.45, 7) is 1.49. The zero-order valence-corrected chi connectivity index (χ0v) is 16.9. The molecule has 7 nitrogen and oxygen atoms in total. The van der Waals surface area contributed by atoms with E-state index in [1.165, 1.54) is 43.3 Å². The van der Waals surface area contributed by atoms with E-state index in [9.17, 15) is 27.5 Å². The van der Waals surface area contributed by atoms with Gasteiger partial charge < -0.3 is 14.4 Å². The standard InChI is InChI=1S/C22H15F4N3O4/c1-2-32-21(31)17-18(12-6-8-15(30)9-7-12)28-33-19(17)16-11-27-29(20(16)22(24,25)26)14-5-3-4-13(23)10-14/h3-11,30H,2H2,1H3. The van der Waals surface area contributed by atoms with Gasteiger partial charge in [0.1, 0.15) is 22.8 Å². The molecule has 0 unspecified atom stereocenters. The van der Waals surface area contributed by atoms with Crippen LogP contribution in [0, 0.1) is 5.82 Å². The first-order valence-electron chi connectivity index (χ1n) is 9.58. The van der Waals surface area contributed by atoms with E-state index in [4.69, 9.17) is 9.26 Å². The number of phenolic OH excluding ortho intramolecular Hbond substituents is 1. The lowest BCUT2D eigenvalue weighted by molar-refractivity contribution is -0.142. The molecule has 4 rings (SSSR count). The van der Waals surface area contributed by atoms with Crippen LogP contribution in [0.2, 0.25) is 0 Å². The maximum atomic E-state index is 14.1. The summed E-state index contributed by atoms with van der Waals surface area (Å²) in [5.74, 6) is -2.27. The highest BCUT2D eigenvalue weighted by Gasteiger charge is 2.42. The molecule has 2 aromatic heterocycles. The van der Waals surface area contributed by atoms with E-state index in [0.717, 1.165) is 18.3 Å². The summed E-state index contributed by atoms with van der Waals surface area (Å²) in [5.41, 5.74) is -2.15. The highest BCUT2D eigenvalue weighted by molar-refractivity contribution is 6.02. The maximum Gasteiger partial charge on any atom is 0.434 e. The number of halogens is 4. The normalized spacial score (nSPS) is 11.5. The van der Waals surface area contributed by atoms with Gasteiger partial charge in [-0.2, -0.15) is 18.3 Å². The first kappa shape index (κ1) is 22.1. The Morgan fingerprint density at radius 1 is 1.18 bits per heavy atom. The first-order valence-corrected chi connectivity index (χ1v) is 9.58. The number of ether oxygens (including phenoxy) is 1. The fourth-order valence-corrected chi connectivity index (χ4v) is 3.27. The average Bonchev–Trinajstić information content (AvgIpc) is 3.39. The second-order valence-electron chi connectivity index (χ2n) is 6.80. The highest BCUT2D eigenvalue weighted by Crippen LogP contribution is 2.41. The van der Waals surface area contributed by atoms with Crippen molar-refractivity contribution in [2.24, 2.45) is 0 Å². The monoisotopic (exact) mass is 461 g/mol. The molecule has 170 valence electrons. The molecule has 0 spiro atoms. The Hall–Kier alpha value is -4.15. The Labute approximate surface area is 183 Å². The molecule has 0 amide bonds. The Morgan fingerprint density at radius 3 is 2.55 bits per heavy atom. The minimum Gasteiger partial charge on any atom is -0.508 e. The van der Waals surface area contributed by atoms with Gasteiger partial charge >= 0.3 is 12.1 Å². The number of aromatic nitrogens is 3. The summed E-state index contributed by atoms with van der Waals surface area (Å²) in [6.07, 6.45) is -4.09. The van der Waals surface area contributed by atoms with Gasteiger partial charge in [0.25, 0.3) is 0 Å². The SMILES string of the molecule is CCOC(=O)c1c(-c2ccc(O)cc2)noc1-c1cnn(-c2cccc(F)c2)c1C(F)(F)F. The van der Waals surface area contributed by atoms with Crippen molar-refractivity contribution in [1.29, 1.82) is 0 Å². The Bertz CT molecular complexity index is 1310. The van der Waals surface area contributed by atoms with Gasteiger partial charge in [-0.25, -0.2) is 13.9 Å². The van der Waals surface area contributed by atoms with E-state index < -0.39 is 35.0 Å². The topological polar surface area (TPSA) is 90.4 Å². The van der Waals surface area contributed by atoms with Gasteiger partial charge in [-0.3, -0.25) is 0 Å². The Kier molecular flexibility index (Phi) is 5.62. The first-order chi connectivity index (χ1) is 15.7. The second kappa shape index (κ2) is 8.41. The number of phenols is 1. The molecule has 2 aromatic carbocycles. The fourth-order valence-electron chi connectivity index (χ4n) is 3.27. The zero-order chi connectivity index (χ0) is 23.8. The summed E-state index contributed by atoms with van der Waals surface area (Å²) in [5, 5.41) is 17.1. The minimum atomic E-state index is -4.95.